The molecule has 0 saturated carbocycles. The quantitative estimate of drug-likeness (QED) is 0.0123. The zero-order valence-electron chi connectivity index (χ0n) is 52.5. The van der Waals surface area contributed by atoms with Crippen molar-refractivity contribution in [3.63, 3.8) is 0 Å². The molecule has 0 unspecified atom stereocenters. The number of likely N-dealkylation sites (tertiary alicyclic amines) is 1. The number of hydrazine groups is 1. The summed E-state index contributed by atoms with van der Waals surface area (Å²) in [6.07, 6.45) is 13.3. The topological polar surface area (TPSA) is 385 Å². The molecule has 4 aliphatic rings. The van der Waals surface area contributed by atoms with Crippen LogP contribution in [0.4, 0.5) is 17.2 Å². The Kier molecular flexibility index (Phi) is 27.6. The summed E-state index contributed by atoms with van der Waals surface area (Å²) in [4.78, 5) is 45.0. The largest absolute Gasteiger partial charge is 1.00 e. The van der Waals surface area contributed by atoms with Crippen LogP contribution in [0, 0.1) is 0 Å². The summed E-state index contributed by atoms with van der Waals surface area (Å²) >= 11 is 0. The normalized spacial score (nSPS) is 18.2. The molecule has 1 aliphatic carbocycles. The fourth-order valence-corrected chi connectivity index (χ4v) is 13.7. The van der Waals surface area contributed by atoms with Gasteiger partial charge in [-0.25, -0.2) is 30.2 Å². The number of nitrogens with zero attached hydrogens (tertiary/aromatic N) is 4. The number of benzene rings is 3. The number of pyridine rings is 1. The molecule has 92 heavy (non-hydrogen) atoms. The number of aromatic nitrogens is 1. The average Bonchev–Trinajstić information content (AvgIpc) is 1.62. The van der Waals surface area contributed by atoms with Crippen LogP contribution in [0.2, 0.25) is 0 Å². The molecule has 4 heterocycles. The van der Waals surface area contributed by atoms with Crippen molar-refractivity contribution in [1.82, 2.24) is 20.6 Å². The molecule has 33 heteroatoms. The first-order valence-corrected chi connectivity index (χ1v) is 34.6. The van der Waals surface area contributed by atoms with Crippen LogP contribution in [0.3, 0.4) is 0 Å². The smallest absolute Gasteiger partial charge is 0.744 e. The number of nitrogens with one attached hydrogen (secondary N) is 3. The number of amides is 3. The van der Waals surface area contributed by atoms with Crippen LogP contribution in [0.25, 0.3) is 0 Å². The number of rotatable bonds is 25. The van der Waals surface area contributed by atoms with Gasteiger partial charge in [0.15, 0.2) is 5.71 Å². The molecule has 2 atom stereocenters. The third-order valence-corrected chi connectivity index (χ3v) is 19.6. The molecular weight excluding hydrogens is 1300 g/mol. The maximum atomic E-state index is 13.0. The number of unbranched alkanes of at least 4 members (excludes halogenated alkanes) is 3. The van der Waals surface area contributed by atoms with Crippen molar-refractivity contribution in [1.29, 1.82) is 0 Å². The number of hydrogen-bond donors (Lipinski definition) is 6. The molecule has 3 amide bonds. The van der Waals surface area contributed by atoms with E-state index < -0.39 is 103 Å². The molecule has 25 nitrogen and oxygen atoms in total. The molecule has 1 fully saturated rings. The number of fused-ring (bicyclic) bond motifs is 2. The Morgan fingerprint density at radius 3 is 2.03 bits per heavy atom. The zero-order valence-corrected chi connectivity index (χ0v) is 61.8. The minimum Gasteiger partial charge on any atom is -0.744 e. The van der Waals surface area contributed by atoms with Crippen molar-refractivity contribution < 1.29 is 174 Å². The maximum absolute atomic E-state index is 13.0. The second kappa shape index (κ2) is 32.3. The predicted molar refractivity (Wildman–Crippen MR) is 325 cm³/mol. The van der Waals surface area contributed by atoms with E-state index in [-0.39, 0.29) is 131 Å². The van der Waals surface area contributed by atoms with Crippen LogP contribution < -0.4 is 114 Å². The van der Waals surface area contributed by atoms with Gasteiger partial charge in [-0.05, 0) is 174 Å². The molecule has 3 aliphatic heterocycles. The van der Waals surface area contributed by atoms with Crippen LogP contribution in [-0.2, 0) is 60.9 Å². The molecular formula is C59H70BN7Na3O18S4+. The molecule has 6 N–H and O–H groups in total. The molecule has 478 valence electrons. The van der Waals surface area contributed by atoms with Gasteiger partial charge in [-0.2, -0.15) is 13.0 Å². The van der Waals surface area contributed by atoms with Crippen LogP contribution in [0.5, 0.6) is 5.75 Å². The summed E-state index contributed by atoms with van der Waals surface area (Å²) in [7, 11) is -20.5. The van der Waals surface area contributed by atoms with E-state index >= 15 is 0 Å². The van der Waals surface area contributed by atoms with Gasteiger partial charge in [0, 0.05) is 66.6 Å². The monoisotopic (exact) mass is 1370 g/mol. The van der Waals surface area contributed by atoms with E-state index in [2.05, 4.69) is 21.2 Å². The van der Waals surface area contributed by atoms with Crippen LogP contribution in [0.15, 0.2) is 141 Å². The van der Waals surface area contributed by atoms with Gasteiger partial charge in [-0.1, -0.05) is 19.9 Å². The van der Waals surface area contributed by atoms with Crippen LogP contribution >= 0.6 is 0 Å². The molecule has 1 saturated heterocycles. The van der Waals surface area contributed by atoms with Gasteiger partial charge in [-0.15, -0.1) is 0 Å². The van der Waals surface area contributed by atoms with Crippen molar-refractivity contribution in [2.24, 2.45) is 0 Å². The van der Waals surface area contributed by atoms with Crippen molar-refractivity contribution in [2.45, 2.75) is 143 Å². The Morgan fingerprint density at radius 1 is 0.772 bits per heavy atom. The van der Waals surface area contributed by atoms with Crippen LogP contribution in [0.1, 0.15) is 127 Å². The number of carbonyl (C=O) groups excluding carboxylic acids is 3. The Labute approximate surface area is 603 Å². The standard InChI is InChI=1S/C59H72BN7O18S4.3Na/c1-38(57(70)67-33-12-15-52(67)60(71)72)62-56(69)41-19-30-53(61-37-41)63-64-54(68)16-7-6-8-31-65-48-26-24-44(88(79,80)81)35-46(48)58(2,3)50(65)28-17-39-13-11-14-40(55(39)85-42-20-22-43(23-21-42)87(76,77)78)18-29-51-59(4,5)47-36-45(89(82,83)84)25-27-49(47)66(51)32-9-10-34-86(73,74)75;;;/h17-30,35-38,52,71-72H,6-16,31-34H2,1-5H3,(H6-,61,62,63,64,68,69,73,74,75,76,77,78,79,80,81,82,83,84);;;/q;3*+1/p-2/t38-,52+;;;/m1.../s1. The van der Waals surface area contributed by atoms with E-state index in [0.717, 1.165) is 17.8 Å². The van der Waals surface area contributed by atoms with Gasteiger partial charge >= 0.3 is 95.8 Å². The molecule has 4 aromatic rings. The number of carbonyl (C=O) groups is 3. The van der Waals surface area contributed by atoms with Crippen molar-refractivity contribution in [3.05, 3.63) is 143 Å². The molecule has 1 aromatic heterocycles. The second-order valence-electron chi connectivity index (χ2n) is 23.3. The number of hydrogen-bond acceptors (Lipinski definition) is 20. The Hall–Kier alpha value is -4.13. The Balaban J connectivity index is 0.00000512. The Bertz CT molecular complexity index is 4060. The molecule has 8 rings (SSSR count). The first kappa shape index (κ1) is 78.6. The van der Waals surface area contributed by atoms with Gasteiger partial charge in [0.25, 0.3) is 16.0 Å². The van der Waals surface area contributed by atoms with E-state index in [0.29, 0.717) is 116 Å². The number of ether oxygens (including phenoxy) is 1. The van der Waals surface area contributed by atoms with Crippen molar-refractivity contribution in [2.75, 3.05) is 35.7 Å². The van der Waals surface area contributed by atoms with Gasteiger partial charge in [0.05, 0.1) is 37.4 Å². The summed E-state index contributed by atoms with van der Waals surface area (Å²) in [5.41, 5.74) is 8.68. The maximum Gasteiger partial charge on any atom is 1.00 e. The first-order valence-electron chi connectivity index (χ1n) is 28.8. The molecule has 0 radical (unpaired) electrons. The third kappa shape index (κ3) is 19.3. The average molecular weight is 1370 g/mol. The van der Waals surface area contributed by atoms with Crippen LogP contribution in [-0.4, -0.2) is 144 Å². The number of anilines is 2. The summed E-state index contributed by atoms with van der Waals surface area (Å²) in [6.45, 7) is 9.95. The minimum absolute atomic E-state index is 0. The van der Waals surface area contributed by atoms with Gasteiger partial charge < -0.3 is 43.6 Å². The summed E-state index contributed by atoms with van der Waals surface area (Å²) in [6, 6.07) is 15.2. The van der Waals surface area contributed by atoms with Crippen molar-refractivity contribution in [3.8, 4) is 5.75 Å². The molecule has 3 aromatic carbocycles. The van der Waals surface area contributed by atoms with E-state index in [4.69, 9.17) is 4.74 Å². The van der Waals surface area contributed by atoms with Crippen molar-refractivity contribution >= 4 is 88.2 Å². The van der Waals surface area contributed by atoms with E-state index in [1.165, 1.54) is 72.6 Å². The summed E-state index contributed by atoms with van der Waals surface area (Å²) in [5.74, 6) is -1.84. The fourth-order valence-electron chi connectivity index (χ4n) is 11.7. The minimum atomic E-state index is -4.86. The SMILES string of the molecule is C[C@@H](NC(=O)c1ccc(NNC(=O)CCCCC[N+]2=C(/C=C/C3=C(Oc4ccc(S(=O)(=O)[O-])cc4)C(=C/C=C4/N(CCCCS(=O)(=O)O)c5ccc(S(=O)(=O)[O-])cc5C4(C)C)/CCC3)C(C)(C)c3cc(S(=O)(=O)[O-])ccc32)nc1)C(=O)N1CCC[C@H]1B(O)O.[Na+].[Na+].[Na+]. The molecule has 0 bridgehead atoms. The molecule has 0 spiro atoms. The predicted octanol–water partition coefficient (Wildman–Crippen LogP) is -3.64. The van der Waals surface area contributed by atoms with Gasteiger partial charge in [0.2, 0.25) is 17.5 Å². The van der Waals surface area contributed by atoms with Gasteiger partial charge in [-0.3, -0.25) is 29.8 Å². The van der Waals surface area contributed by atoms with E-state index in [9.17, 15) is 76.3 Å². The number of allylic oxidation sites excluding steroid dienone is 7. The Morgan fingerprint density at radius 2 is 1.41 bits per heavy atom. The van der Waals surface area contributed by atoms with Gasteiger partial charge in [0.1, 0.15) is 60.3 Å². The fraction of sp³-hybridized carbons (Fsp3) is 0.407. The first-order chi connectivity index (χ1) is 41.6. The summed E-state index contributed by atoms with van der Waals surface area (Å²) in [5, 5.41) is 21.9. The second-order valence-corrected chi connectivity index (χ2v) is 29.0. The van der Waals surface area contributed by atoms with E-state index in [1.807, 2.05) is 61.5 Å². The zero-order chi connectivity index (χ0) is 65.0. The summed E-state index contributed by atoms with van der Waals surface area (Å²) < 4.78 is 151. The van der Waals surface area contributed by atoms with E-state index in [1.54, 1.807) is 6.07 Å². The third-order valence-electron chi connectivity index (χ3n) is 16.3.